The van der Waals surface area contributed by atoms with E-state index in [0.29, 0.717) is 28.0 Å². The molecule has 3 heterocycles. The normalized spacial score (nSPS) is 14.7. The molecule has 35 heavy (non-hydrogen) atoms. The Labute approximate surface area is 197 Å². The largest absolute Gasteiger partial charge is 0.439 e. The molecule has 9 nitrogen and oxygen atoms in total. The number of H-pyrrole nitrogens is 2. The molecule has 0 bridgehead atoms. The van der Waals surface area contributed by atoms with Gasteiger partial charge in [0.1, 0.15) is 11.4 Å². The van der Waals surface area contributed by atoms with Crippen molar-refractivity contribution < 1.29 is 18.8 Å². The van der Waals surface area contributed by atoms with Gasteiger partial charge in [-0.1, -0.05) is 41.6 Å². The molecule has 6 rings (SSSR count). The van der Waals surface area contributed by atoms with Gasteiger partial charge in [0.2, 0.25) is 0 Å². The van der Waals surface area contributed by atoms with Crippen LogP contribution in [0.2, 0.25) is 0 Å². The molecule has 5 aromatic rings. The van der Waals surface area contributed by atoms with Crippen molar-refractivity contribution in [1.29, 1.82) is 0 Å². The van der Waals surface area contributed by atoms with Crippen molar-refractivity contribution in [2.75, 3.05) is 0 Å². The summed E-state index contributed by atoms with van der Waals surface area (Å²) in [7, 11) is 0. The SMILES string of the molecule is Cc1ccc(-c2noc(=O)[nH]2)cc1Oc1nc2nc(-c3ccc(C4(O)CCC4)cc3)c(F)cc2[nH]1. The number of aliphatic hydroxyl groups is 1. The molecule has 3 N–H and O–H groups in total. The van der Waals surface area contributed by atoms with Crippen LogP contribution in [0.4, 0.5) is 4.39 Å². The Morgan fingerprint density at radius 2 is 1.83 bits per heavy atom. The van der Waals surface area contributed by atoms with Crippen LogP contribution < -0.4 is 10.5 Å². The monoisotopic (exact) mass is 473 g/mol. The third-order valence-electron chi connectivity index (χ3n) is 6.39. The number of nitrogens with one attached hydrogen (secondary N) is 2. The summed E-state index contributed by atoms with van der Waals surface area (Å²) in [5.41, 5.74) is 2.90. The molecule has 0 spiro atoms. The quantitative estimate of drug-likeness (QED) is 0.341. The van der Waals surface area contributed by atoms with Crippen LogP contribution in [0.3, 0.4) is 0 Å². The average molecular weight is 473 g/mol. The topological polar surface area (TPSA) is 130 Å². The smallest absolute Gasteiger partial charge is 0.425 e. The van der Waals surface area contributed by atoms with E-state index in [4.69, 9.17) is 4.74 Å². The van der Waals surface area contributed by atoms with Crippen molar-refractivity contribution in [3.05, 3.63) is 76.0 Å². The van der Waals surface area contributed by atoms with Gasteiger partial charge in [0.15, 0.2) is 17.3 Å². The molecule has 3 aromatic heterocycles. The van der Waals surface area contributed by atoms with Gasteiger partial charge < -0.3 is 14.8 Å². The molecule has 0 saturated heterocycles. The van der Waals surface area contributed by atoms with E-state index < -0.39 is 17.2 Å². The van der Waals surface area contributed by atoms with E-state index in [1.54, 1.807) is 30.3 Å². The zero-order valence-electron chi connectivity index (χ0n) is 18.6. The molecule has 176 valence electrons. The van der Waals surface area contributed by atoms with Gasteiger partial charge in [0.25, 0.3) is 0 Å². The second kappa shape index (κ2) is 7.88. The summed E-state index contributed by atoms with van der Waals surface area (Å²) in [5, 5.41) is 14.2. The first-order valence-electron chi connectivity index (χ1n) is 11.1. The van der Waals surface area contributed by atoms with Crippen LogP contribution in [0.25, 0.3) is 33.8 Å². The summed E-state index contributed by atoms with van der Waals surface area (Å²) < 4.78 is 25.4. The Kier molecular flexibility index (Phi) is 4.78. The number of nitrogens with zero attached hydrogens (tertiary/aromatic N) is 3. The summed E-state index contributed by atoms with van der Waals surface area (Å²) in [5.74, 6) is -0.419. The maximum Gasteiger partial charge on any atom is 0.439 e. The minimum absolute atomic E-state index is 0.139. The number of pyridine rings is 1. The van der Waals surface area contributed by atoms with E-state index >= 15 is 0 Å². The molecule has 1 fully saturated rings. The minimum atomic E-state index is -0.776. The van der Waals surface area contributed by atoms with Crippen molar-refractivity contribution in [1.82, 2.24) is 25.1 Å². The summed E-state index contributed by atoms with van der Waals surface area (Å²) >= 11 is 0. The number of ether oxygens (including phenoxy) is 1. The molecule has 0 unspecified atom stereocenters. The standard InChI is InChI=1S/C25H20FN5O4/c1-13-3-4-15(21-30-24(32)35-31-21)11-19(13)34-23-27-18-12-17(26)20(28-22(18)29-23)14-5-7-16(8-6-14)25(33)9-2-10-25/h3-8,11-12,33H,2,9-10H2,1H3,(H,27,28,29)(H,30,31,32). The van der Waals surface area contributed by atoms with E-state index in [0.717, 1.165) is 30.4 Å². The fraction of sp³-hybridized carbons (Fsp3) is 0.200. The highest BCUT2D eigenvalue weighted by Gasteiger charge is 2.36. The van der Waals surface area contributed by atoms with Gasteiger partial charge in [-0.2, -0.15) is 4.98 Å². The maximum absolute atomic E-state index is 14.9. The number of aromatic amines is 2. The maximum atomic E-state index is 14.9. The number of halogens is 1. The predicted octanol–water partition coefficient (Wildman–Crippen LogP) is 4.58. The van der Waals surface area contributed by atoms with Crippen molar-refractivity contribution in [3.8, 4) is 34.4 Å². The van der Waals surface area contributed by atoms with Gasteiger partial charge in [0.05, 0.1) is 11.1 Å². The van der Waals surface area contributed by atoms with Gasteiger partial charge in [-0.25, -0.2) is 14.2 Å². The summed E-state index contributed by atoms with van der Waals surface area (Å²) in [6, 6.07) is 13.9. The van der Waals surface area contributed by atoms with Gasteiger partial charge in [-0.15, -0.1) is 0 Å². The number of benzene rings is 2. The van der Waals surface area contributed by atoms with Crippen molar-refractivity contribution >= 4 is 11.2 Å². The Morgan fingerprint density at radius 1 is 1.06 bits per heavy atom. The molecule has 1 saturated carbocycles. The lowest BCUT2D eigenvalue weighted by molar-refractivity contribution is -0.0387. The lowest BCUT2D eigenvalue weighted by Crippen LogP contribution is -2.33. The molecular weight excluding hydrogens is 453 g/mol. The fourth-order valence-electron chi connectivity index (χ4n) is 4.20. The van der Waals surface area contributed by atoms with Gasteiger partial charge >= 0.3 is 11.8 Å². The van der Waals surface area contributed by atoms with Crippen LogP contribution >= 0.6 is 0 Å². The summed E-state index contributed by atoms with van der Waals surface area (Å²) in [6.07, 6.45) is 2.47. The number of rotatable bonds is 5. The highest BCUT2D eigenvalue weighted by molar-refractivity contribution is 5.76. The Hall–Kier alpha value is -4.31. The number of imidazole rings is 1. The second-order valence-electron chi connectivity index (χ2n) is 8.72. The Bertz CT molecular complexity index is 1620. The Balaban J connectivity index is 1.30. The Morgan fingerprint density at radius 3 is 2.51 bits per heavy atom. The van der Waals surface area contributed by atoms with E-state index in [-0.39, 0.29) is 17.5 Å². The molecule has 10 heteroatoms. The third kappa shape index (κ3) is 3.77. The summed E-state index contributed by atoms with van der Waals surface area (Å²) in [4.78, 5) is 25.5. The lowest BCUT2D eigenvalue weighted by Gasteiger charge is -2.37. The van der Waals surface area contributed by atoms with Crippen LogP contribution in [0.5, 0.6) is 11.8 Å². The first-order valence-corrected chi connectivity index (χ1v) is 11.1. The van der Waals surface area contributed by atoms with Gasteiger partial charge in [-0.05, 0) is 43.4 Å². The molecule has 2 aromatic carbocycles. The van der Waals surface area contributed by atoms with Gasteiger partial charge in [0, 0.05) is 17.2 Å². The minimum Gasteiger partial charge on any atom is -0.425 e. The lowest BCUT2D eigenvalue weighted by atomic mass is 9.75. The third-order valence-corrected chi connectivity index (χ3v) is 6.39. The van der Waals surface area contributed by atoms with E-state index in [2.05, 4.69) is 29.6 Å². The number of hydrogen-bond acceptors (Lipinski definition) is 7. The zero-order valence-corrected chi connectivity index (χ0v) is 18.6. The molecule has 0 amide bonds. The van der Waals surface area contributed by atoms with Crippen LogP contribution in [-0.2, 0) is 5.60 Å². The fourth-order valence-corrected chi connectivity index (χ4v) is 4.20. The van der Waals surface area contributed by atoms with Crippen LogP contribution in [0.15, 0.2) is 57.8 Å². The van der Waals surface area contributed by atoms with Crippen molar-refractivity contribution in [3.63, 3.8) is 0 Å². The highest BCUT2D eigenvalue weighted by Crippen LogP contribution is 2.41. The first kappa shape index (κ1) is 21.2. The van der Waals surface area contributed by atoms with E-state index in [1.807, 2.05) is 19.1 Å². The van der Waals surface area contributed by atoms with Crippen molar-refractivity contribution in [2.24, 2.45) is 0 Å². The molecule has 0 radical (unpaired) electrons. The van der Waals surface area contributed by atoms with Crippen molar-refractivity contribution in [2.45, 2.75) is 31.8 Å². The number of hydrogen-bond donors (Lipinski definition) is 3. The number of aromatic nitrogens is 5. The molecule has 0 aliphatic heterocycles. The number of aryl methyl sites for hydroxylation is 1. The molecule has 1 aliphatic carbocycles. The molecular formula is C25H20FN5O4. The first-order chi connectivity index (χ1) is 16.9. The summed E-state index contributed by atoms with van der Waals surface area (Å²) in [6.45, 7) is 1.85. The number of fused-ring (bicyclic) bond motifs is 1. The highest BCUT2D eigenvalue weighted by atomic mass is 19.1. The zero-order chi connectivity index (χ0) is 24.2. The average Bonchev–Trinajstić information content (AvgIpc) is 3.43. The van der Waals surface area contributed by atoms with Crippen LogP contribution in [0, 0.1) is 12.7 Å². The van der Waals surface area contributed by atoms with E-state index in [9.17, 15) is 14.3 Å². The van der Waals surface area contributed by atoms with Crippen LogP contribution in [-0.4, -0.2) is 30.2 Å². The molecule has 1 aliphatic rings. The van der Waals surface area contributed by atoms with Crippen LogP contribution in [0.1, 0.15) is 30.4 Å². The molecule has 0 atom stereocenters. The van der Waals surface area contributed by atoms with Gasteiger partial charge in [-0.3, -0.25) is 9.51 Å². The predicted molar refractivity (Wildman–Crippen MR) is 124 cm³/mol. The second-order valence-corrected chi connectivity index (χ2v) is 8.72. The van der Waals surface area contributed by atoms with E-state index in [1.165, 1.54) is 6.07 Å².